The molecule has 0 unspecified atom stereocenters. The molecule has 0 atom stereocenters. The summed E-state index contributed by atoms with van der Waals surface area (Å²) in [5, 5.41) is 2.69. The number of hydrogen-bond acceptors (Lipinski definition) is 4. The molecule has 0 aliphatic carbocycles. The van der Waals surface area contributed by atoms with E-state index in [1.807, 2.05) is 0 Å². The SMILES string of the molecule is N/C=C(\C=C(N)N)CN1CCNC1=O. The van der Waals surface area contributed by atoms with Crippen LogP contribution in [0.15, 0.2) is 23.7 Å². The Labute approximate surface area is 82.4 Å². The quantitative estimate of drug-likeness (QED) is 0.417. The Balaban J connectivity index is 2.57. The maximum absolute atomic E-state index is 11.2. The number of carbonyl (C=O) groups excluding carboxylic acids is 1. The number of carbonyl (C=O) groups is 1. The predicted octanol–water partition coefficient (Wildman–Crippen LogP) is -1.39. The fourth-order valence-corrected chi connectivity index (χ4v) is 1.24. The van der Waals surface area contributed by atoms with Crippen LogP contribution in [0, 0.1) is 0 Å². The van der Waals surface area contributed by atoms with Gasteiger partial charge in [0.25, 0.3) is 0 Å². The van der Waals surface area contributed by atoms with E-state index in [9.17, 15) is 4.79 Å². The molecule has 0 aromatic carbocycles. The average Bonchev–Trinajstić information content (AvgIpc) is 2.50. The summed E-state index contributed by atoms with van der Waals surface area (Å²) in [4.78, 5) is 12.8. The predicted molar refractivity (Wildman–Crippen MR) is 53.7 cm³/mol. The fraction of sp³-hybridized carbons (Fsp3) is 0.375. The Kier molecular flexibility index (Phi) is 3.22. The second kappa shape index (κ2) is 4.40. The van der Waals surface area contributed by atoms with Crippen molar-refractivity contribution in [1.82, 2.24) is 10.2 Å². The van der Waals surface area contributed by atoms with Crippen molar-refractivity contribution >= 4 is 6.03 Å². The van der Waals surface area contributed by atoms with E-state index < -0.39 is 0 Å². The number of nitrogens with zero attached hydrogens (tertiary/aromatic N) is 1. The third-order valence-electron chi connectivity index (χ3n) is 1.88. The van der Waals surface area contributed by atoms with E-state index in [-0.39, 0.29) is 11.9 Å². The minimum atomic E-state index is -0.0895. The maximum Gasteiger partial charge on any atom is 0.317 e. The van der Waals surface area contributed by atoms with Crippen molar-refractivity contribution in [2.24, 2.45) is 17.2 Å². The minimum Gasteiger partial charge on any atom is -0.404 e. The van der Waals surface area contributed by atoms with Gasteiger partial charge in [0.05, 0.1) is 5.82 Å². The molecule has 0 aromatic heterocycles. The van der Waals surface area contributed by atoms with Crippen LogP contribution in [0.4, 0.5) is 4.79 Å². The lowest BCUT2D eigenvalue weighted by Crippen LogP contribution is -2.30. The summed E-state index contributed by atoms with van der Waals surface area (Å²) in [6.07, 6.45) is 2.94. The molecule has 14 heavy (non-hydrogen) atoms. The van der Waals surface area contributed by atoms with E-state index >= 15 is 0 Å². The first-order chi connectivity index (χ1) is 6.63. The summed E-state index contributed by atoms with van der Waals surface area (Å²) in [6, 6.07) is -0.0895. The van der Waals surface area contributed by atoms with Crippen molar-refractivity contribution < 1.29 is 4.79 Å². The molecule has 0 bridgehead atoms. The van der Waals surface area contributed by atoms with Crippen LogP contribution in [0.3, 0.4) is 0 Å². The smallest absolute Gasteiger partial charge is 0.317 e. The van der Waals surface area contributed by atoms with E-state index in [0.717, 1.165) is 5.57 Å². The van der Waals surface area contributed by atoms with Gasteiger partial charge in [0.1, 0.15) is 0 Å². The molecule has 6 heteroatoms. The first kappa shape index (κ1) is 10.2. The second-order valence-electron chi connectivity index (χ2n) is 3.04. The monoisotopic (exact) mass is 197 g/mol. The van der Waals surface area contributed by atoms with Gasteiger partial charge in [-0.3, -0.25) is 0 Å². The zero-order valence-electron chi connectivity index (χ0n) is 7.86. The molecule has 0 saturated carbocycles. The molecule has 1 fully saturated rings. The van der Waals surface area contributed by atoms with E-state index in [2.05, 4.69) is 5.32 Å². The van der Waals surface area contributed by atoms with E-state index in [1.165, 1.54) is 6.20 Å². The van der Waals surface area contributed by atoms with Gasteiger partial charge in [0.15, 0.2) is 0 Å². The van der Waals surface area contributed by atoms with Gasteiger partial charge in [-0.25, -0.2) is 4.79 Å². The van der Waals surface area contributed by atoms with Crippen molar-refractivity contribution in [3.05, 3.63) is 23.7 Å². The molecule has 1 aliphatic heterocycles. The van der Waals surface area contributed by atoms with Gasteiger partial charge in [-0.15, -0.1) is 0 Å². The van der Waals surface area contributed by atoms with Gasteiger partial charge >= 0.3 is 6.03 Å². The Morgan fingerprint density at radius 3 is 2.71 bits per heavy atom. The number of nitrogens with one attached hydrogen (secondary N) is 1. The highest BCUT2D eigenvalue weighted by atomic mass is 16.2. The number of rotatable bonds is 3. The van der Waals surface area contributed by atoms with Gasteiger partial charge in [0, 0.05) is 19.6 Å². The van der Waals surface area contributed by atoms with Crippen molar-refractivity contribution in [3.8, 4) is 0 Å². The molecule has 1 rings (SSSR count). The van der Waals surface area contributed by atoms with Crippen molar-refractivity contribution in [2.45, 2.75) is 0 Å². The van der Waals surface area contributed by atoms with Crippen molar-refractivity contribution in [1.29, 1.82) is 0 Å². The topological polar surface area (TPSA) is 110 Å². The molecular formula is C8H15N5O. The van der Waals surface area contributed by atoms with Crippen molar-refractivity contribution in [3.63, 3.8) is 0 Å². The highest BCUT2D eigenvalue weighted by molar-refractivity contribution is 5.76. The molecule has 1 aliphatic rings. The molecule has 6 nitrogen and oxygen atoms in total. The third kappa shape index (κ3) is 2.58. The van der Waals surface area contributed by atoms with Crippen LogP contribution in [0.1, 0.15) is 0 Å². The second-order valence-corrected chi connectivity index (χ2v) is 3.04. The highest BCUT2D eigenvalue weighted by Gasteiger charge is 2.19. The summed E-state index contributed by atoms with van der Waals surface area (Å²) in [5.74, 6) is 0.182. The lowest BCUT2D eigenvalue weighted by molar-refractivity contribution is 0.221. The van der Waals surface area contributed by atoms with Gasteiger partial charge in [-0.05, 0) is 17.8 Å². The average molecular weight is 197 g/mol. The molecule has 0 aromatic rings. The Morgan fingerprint density at radius 2 is 2.29 bits per heavy atom. The number of urea groups is 1. The van der Waals surface area contributed by atoms with Crippen LogP contribution in [0.5, 0.6) is 0 Å². The van der Waals surface area contributed by atoms with Gasteiger partial charge in [-0.1, -0.05) is 0 Å². The summed E-state index contributed by atoms with van der Waals surface area (Å²) < 4.78 is 0. The van der Waals surface area contributed by atoms with E-state index in [1.54, 1.807) is 11.0 Å². The number of hydrogen-bond donors (Lipinski definition) is 4. The van der Waals surface area contributed by atoms with Crippen LogP contribution < -0.4 is 22.5 Å². The molecule has 1 saturated heterocycles. The van der Waals surface area contributed by atoms with Gasteiger partial charge in [-0.2, -0.15) is 0 Å². The maximum atomic E-state index is 11.2. The molecular weight excluding hydrogens is 182 g/mol. The van der Waals surface area contributed by atoms with Gasteiger partial charge in [0.2, 0.25) is 0 Å². The third-order valence-corrected chi connectivity index (χ3v) is 1.88. The van der Waals surface area contributed by atoms with Crippen molar-refractivity contribution in [2.75, 3.05) is 19.6 Å². The van der Waals surface area contributed by atoms with Crippen LogP contribution in [0.2, 0.25) is 0 Å². The van der Waals surface area contributed by atoms with Crippen LogP contribution in [0.25, 0.3) is 0 Å². The minimum absolute atomic E-state index is 0.0895. The van der Waals surface area contributed by atoms with E-state index in [4.69, 9.17) is 17.2 Å². The largest absolute Gasteiger partial charge is 0.404 e. The number of nitrogens with two attached hydrogens (primary N) is 3. The van der Waals surface area contributed by atoms with Crippen LogP contribution >= 0.6 is 0 Å². The van der Waals surface area contributed by atoms with Crippen LogP contribution in [-0.4, -0.2) is 30.6 Å². The summed E-state index contributed by atoms with van der Waals surface area (Å²) in [5.41, 5.74) is 16.7. The lowest BCUT2D eigenvalue weighted by atomic mass is 10.2. The van der Waals surface area contributed by atoms with Crippen LogP contribution in [-0.2, 0) is 0 Å². The molecule has 78 valence electrons. The summed E-state index contributed by atoms with van der Waals surface area (Å²) >= 11 is 0. The first-order valence-corrected chi connectivity index (χ1v) is 4.29. The first-order valence-electron chi connectivity index (χ1n) is 4.29. The summed E-state index contributed by atoms with van der Waals surface area (Å²) in [7, 11) is 0. The Morgan fingerprint density at radius 1 is 1.57 bits per heavy atom. The Hall–Kier alpha value is -1.85. The van der Waals surface area contributed by atoms with Gasteiger partial charge < -0.3 is 27.4 Å². The molecule has 1 heterocycles. The number of amides is 2. The lowest BCUT2D eigenvalue weighted by Gasteiger charge is -2.14. The normalized spacial score (nSPS) is 16.7. The zero-order chi connectivity index (χ0) is 10.6. The standard InChI is InChI=1S/C8H15N5O/c9-4-6(3-7(10)11)5-13-2-1-12-8(13)14/h3-4H,1-2,5,9-11H2,(H,12,14)/b6-4+. The molecule has 7 N–H and O–H groups in total. The molecule has 0 spiro atoms. The zero-order valence-corrected chi connectivity index (χ0v) is 7.86. The fourth-order valence-electron chi connectivity index (χ4n) is 1.24. The van der Waals surface area contributed by atoms with E-state index in [0.29, 0.717) is 19.6 Å². The highest BCUT2D eigenvalue weighted by Crippen LogP contribution is 2.03. The summed E-state index contributed by atoms with van der Waals surface area (Å²) in [6.45, 7) is 1.77. The molecule has 2 amide bonds. The molecule has 0 radical (unpaired) electrons. The Bertz CT molecular complexity index is 279.